The molecule has 2 aromatic rings. The predicted octanol–water partition coefficient (Wildman–Crippen LogP) is 5.80. The van der Waals surface area contributed by atoms with Crippen LogP contribution in [-0.2, 0) is 4.74 Å². The molecule has 1 aromatic heterocycles. The Kier molecular flexibility index (Phi) is 3.65. The molecular formula is C28H32N2O. The first-order valence-corrected chi connectivity index (χ1v) is 12.2. The quantitative estimate of drug-likeness (QED) is 0.643. The Hall–Kier alpha value is -1.97. The highest BCUT2D eigenvalue weighted by atomic mass is 16.5. The molecular weight excluding hydrogens is 380 g/mol. The van der Waals surface area contributed by atoms with Gasteiger partial charge in [-0.15, -0.1) is 0 Å². The average molecular weight is 413 g/mol. The maximum Gasteiger partial charge on any atom is 0.0974 e. The van der Waals surface area contributed by atoms with E-state index in [9.17, 15) is 0 Å². The van der Waals surface area contributed by atoms with Crippen LogP contribution in [0.25, 0.3) is 10.8 Å². The molecule has 6 atom stereocenters. The fourth-order valence-electron chi connectivity index (χ4n) is 8.31. The highest BCUT2D eigenvalue weighted by Gasteiger charge is 2.66. The molecule has 2 bridgehead atoms. The van der Waals surface area contributed by atoms with Gasteiger partial charge in [0.1, 0.15) is 0 Å². The third-order valence-corrected chi connectivity index (χ3v) is 9.79. The first-order chi connectivity index (χ1) is 15.0. The summed E-state index contributed by atoms with van der Waals surface area (Å²) in [5, 5.41) is 2.54. The Morgan fingerprint density at radius 3 is 2.97 bits per heavy atom. The summed E-state index contributed by atoms with van der Waals surface area (Å²) in [4.78, 5) is 4.36. The fraction of sp³-hybridized carbons (Fsp3) is 0.536. The summed E-state index contributed by atoms with van der Waals surface area (Å²) in [7, 11) is 0. The Labute approximate surface area is 184 Å². The maximum atomic E-state index is 7.26. The van der Waals surface area contributed by atoms with Crippen molar-refractivity contribution in [3.8, 4) is 0 Å². The molecule has 2 saturated carbocycles. The van der Waals surface area contributed by atoms with Gasteiger partial charge in [0, 0.05) is 23.8 Å². The number of allylic oxidation sites excluding steroid dienone is 1. The van der Waals surface area contributed by atoms with Crippen LogP contribution >= 0.6 is 0 Å². The van der Waals surface area contributed by atoms with E-state index in [-0.39, 0.29) is 22.7 Å². The number of pyridine rings is 1. The Morgan fingerprint density at radius 2 is 2.03 bits per heavy atom. The van der Waals surface area contributed by atoms with Gasteiger partial charge in [-0.25, -0.2) is 0 Å². The monoisotopic (exact) mass is 412 g/mol. The summed E-state index contributed by atoms with van der Waals surface area (Å²) >= 11 is 0. The van der Waals surface area contributed by atoms with Gasteiger partial charge in [-0.2, -0.15) is 0 Å². The second-order valence-corrected chi connectivity index (χ2v) is 11.2. The SMILES string of the molecule is CC12CC=C3C=C4CCC(N)CC45CCC3(O5)C1CCC2c1ccc2ccncc2c1. The zero-order valence-electron chi connectivity index (χ0n) is 18.4. The van der Waals surface area contributed by atoms with Crippen LogP contribution in [0.5, 0.6) is 0 Å². The summed E-state index contributed by atoms with van der Waals surface area (Å²) < 4.78 is 7.26. The molecule has 3 heteroatoms. The van der Waals surface area contributed by atoms with E-state index in [1.165, 1.54) is 46.7 Å². The third kappa shape index (κ3) is 2.34. The van der Waals surface area contributed by atoms with Crippen molar-refractivity contribution < 1.29 is 4.74 Å². The average Bonchev–Trinajstić information content (AvgIpc) is 3.28. The first-order valence-electron chi connectivity index (χ1n) is 12.2. The summed E-state index contributed by atoms with van der Waals surface area (Å²) in [5.41, 5.74) is 11.0. The van der Waals surface area contributed by atoms with Crippen molar-refractivity contribution in [2.75, 3.05) is 0 Å². The van der Waals surface area contributed by atoms with E-state index < -0.39 is 0 Å². The van der Waals surface area contributed by atoms with Crippen LogP contribution in [0, 0.1) is 11.3 Å². The van der Waals surface area contributed by atoms with E-state index >= 15 is 0 Å². The number of aromatic nitrogens is 1. The van der Waals surface area contributed by atoms with Crippen molar-refractivity contribution in [2.45, 2.75) is 81.5 Å². The lowest BCUT2D eigenvalue weighted by atomic mass is 9.58. The van der Waals surface area contributed by atoms with Crippen molar-refractivity contribution >= 4 is 10.8 Å². The molecule has 2 spiro atoms. The molecule has 1 aromatic carbocycles. The van der Waals surface area contributed by atoms with Gasteiger partial charge in [-0.05, 0) is 103 Å². The molecule has 2 N–H and O–H groups in total. The standard InChI is InChI=1S/C28H32N2O/c1-26-10-8-22-15-21-4-5-23(29)16-27(21)11-12-28(22,31-27)25(26)7-6-24(26)19-3-2-18-9-13-30-17-20(18)14-19/h2-3,8-9,13-15,17,23-25H,4-7,10-12,16,29H2,1H3. The summed E-state index contributed by atoms with van der Waals surface area (Å²) in [6, 6.07) is 9.45. The smallest absolute Gasteiger partial charge is 0.0974 e. The molecule has 2 aliphatic heterocycles. The molecule has 7 rings (SSSR count). The number of hydrogen-bond donors (Lipinski definition) is 1. The minimum Gasteiger partial charge on any atom is -0.359 e. The zero-order valence-corrected chi connectivity index (χ0v) is 18.4. The molecule has 5 aliphatic rings. The van der Waals surface area contributed by atoms with Gasteiger partial charge in [0.2, 0.25) is 0 Å². The number of nitrogens with two attached hydrogens (primary N) is 1. The van der Waals surface area contributed by atoms with Gasteiger partial charge < -0.3 is 10.5 Å². The van der Waals surface area contributed by atoms with E-state index in [1.54, 1.807) is 0 Å². The Balaban J connectivity index is 1.31. The van der Waals surface area contributed by atoms with Crippen LogP contribution in [0.3, 0.4) is 0 Å². The van der Waals surface area contributed by atoms with Gasteiger partial charge in [0.15, 0.2) is 0 Å². The van der Waals surface area contributed by atoms with Crippen molar-refractivity contribution in [2.24, 2.45) is 17.1 Å². The van der Waals surface area contributed by atoms with Crippen LogP contribution in [0.4, 0.5) is 0 Å². The first kappa shape index (κ1) is 18.6. The van der Waals surface area contributed by atoms with Gasteiger partial charge in [0.05, 0.1) is 11.2 Å². The molecule has 3 fully saturated rings. The second kappa shape index (κ2) is 6.08. The van der Waals surface area contributed by atoms with Crippen molar-refractivity contribution in [3.63, 3.8) is 0 Å². The zero-order chi connectivity index (χ0) is 20.8. The number of nitrogens with zero attached hydrogens (tertiary/aromatic N) is 1. The van der Waals surface area contributed by atoms with Gasteiger partial charge in [-0.1, -0.05) is 31.2 Å². The molecule has 160 valence electrons. The van der Waals surface area contributed by atoms with Crippen LogP contribution < -0.4 is 5.73 Å². The highest BCUT2D eigenvalue weighted by molar-refractivity contribution is 5.82. The molecule has 0 radical (unpaired) electrons. The number of benzene rings is 1. The lowest BCUT2D eigenvalue weighted by Gasteiger charge is -2.54. The predicted molar refractivity (Wildman–Crippen MR) is 124 cm³/mol. The minimum atomic E-state index is -0.0826. The maximum absolute atomic E-state index is 7.26. The van der Waals surface area contributed by atoms with E-state index in [0.29, 0.717) is 11.8 Å². The molecule has 6 unspecified atom stereocenters. The van der Waals surface area contributed by atoms with Crippen molar-refractivity contribution in [3.05, 3.63) is 65.5 Å². The van der Waals surface area contributed by atoms with Crippen molar-refractivity contribution in [1.82, 2.24) is 4.98 Å². The summed E-state index contributed by atoms with van der Waals surface area (Å²) in [6.45, 7) is 2.55. The van der Waals surface area contributed by atoms with Crippen LogP contribution in [0.2, 0.25) is 0 Å². The fourth-order valence-corrected chi connectivity index (χ4v) is 8.31. The molecule has 0 amide bonds. The molecule has 31 heavy (non-hydrogen) atoms. The number of rotatable bonds is 1. The Morgan fingerprint density at radius 1 is 1.10 bits per heavy atom. The number of ether oxygens (including phenoxy) is 1. The third-order valence-electron chi connectivity index (χ3n) is 9.79. The van der Waals surface area contributed by atoms with Gasteiger partial charge >= 0.3 is 0 Å². The molecule has 3 aliphatic carbocycles. The minimum absolute atomic E-state index is 0.0695. The largest absolute Gasteiger partial charge is 0.359 e. The summed E-state index contributed by atoms with van der Waals surface area (Å²) in [6.07, 6.45) is 18.2. The molecule has 3 nitrogen and oxygen atoms in total. The van der Waals surface area contributed by atoms with Gasteiger partial charge in [-0.3, -0.25) is 4.98 Å². The van der Waals surface area contributed by atoms with E-state index in [1.807, 2.05) is 12.4 Å². The van der Waals surface area contributed by atoms with E-state index in [0.717, 1.165) is 32.1 Å². The highest BCUT2D eigenvalue weighted by Crippen LogP contribution is 2.69. The lowest BCUT2D eigenvalue weighted by Crippen LogP contribution is -2.54. The van der Waals surface area contributed by atoms with Gasteiger partial charge in [0.25, 0.3) is 0 Å². The lowest BCUT2D eigenvalue weighted by molar-refractivity contribution is -0.135. The summed E-state index contributed by atoms with van der Waals surface area (Å²) in [5.74, 6) is 1.17. The van der Waals surface area contributed by atoms with Crippen LogP contribution in [0.15, 0.2) is 60.0 Å². The van der Waals surface area contributed by atoms with E-state index in [4.69, 9.17) is 10.5 Å². The molecule has 3 heterocycles. The number of hydrogen-bond acceptors (Lipinski definition) is 3. The van der Waals surface area contributed by atoms with E-state index in [2.05, 4.69) is 48.3 Å². The second-order valence-electron chi connectivity index (χ2n) is 11.2. The normalized spacial score (nSPS) is 43.1. The van der Waals surface area contributed by atoms with Crippen molar-refractivity contribution in [1.29, 1.82) is 0 Å². The van der Waals surface area contributed by atoms with Crippen LogP contribution in [0.1, 0.15) is 69.8 Å². The molecule has 1 saturated heterocycles. The Bertz CT molecular complexity index is 1150. The topological polar surface area (TPSA) is 48.1 Å². The number of fused-ring (bicyclic) bond motifs is 2. The van der Waals surface area contributed by atoms with Crippen LogP contribution in [-0.4, -0.2) is 22.2 Å².